The number of hydrazine groups is 1. The molecule has 1 heterocycles. The lowest BCUT2D eigenvalue weighted by Gasteiger charge is -2.25. The molecule has 1 atom stereocenters. The molecule has 4 nitrogen and oxygen atoms in total. The fraction of sp³-hybridized carbons (Fsp3) is 0.750. The molecule has 1 fully saturated rings. The van der Waals surface area contributed by atoms with Crippen LogP contribution in [0, 0.1) is 0 Å². The second-order valence-electron chi connectivity index (χ2n) is 1.85. The molecule has 1 rings (SSSR count). The highest BCUT2D eigenvalue weighted by molar-refractivity contribution is 9.09. The molecule has 0 aromatic carbocycles. The number of halogens is 1. The van der Waals surface area contributed by atoms with Crippen LogP contribution in [-0.2, 0) is 4.79 Å². The van der Waals surface area contributed by atoms with E-state index in [9.17, 15) is 4.79 Å². The summed E-state index contributed by atoms with van der Waals surface area (Å²) in [4.78, 5) is 10.3. The smallest absolute Gasteiger partial charge is 0.236 e. The Morgan fingerprint density at radius 3 is 3.00 bits per heavy atom. The van der Waals surface area contributed by atoms with Gasteiger partial charge in [0.2, 0.25) is 5.91 Å². The fourth-order valence-corrected chi connectivity index (χ4v) is 0.957. The van der Waals surface area contributed by atoms with Crippen molar-refractivity contribution in [2.45, 2.75) is 17.8 Å². The second kappa shape index (κ2) is 2.64. The van der Waals surface area contributed by atoms with Gasteiger partial charge in [-0.3, -0.25) is 15.4 Å². The lowest BCUT2D eigenvalue weighted by atomic mass is 10.3. The number of carbonyl (C=O) groups excluding carboxylic acids is 1. The predicted molar refractivity (Wildman–Crippen MR) is 33.7 cm³/mol. The molecule has 0 saturated carbocycles. The first-order chi connectivity index (χ1) is 4.20. The molecular formula is C4H7BrN2O2. The molecule has 1 amide bonds. The van der Waals surface area contributed by atoms with Crippen molar-refractivity contribution in [3.05, 3.63) is 0 Å². The van der Waals surface area contributed by atoms with Crippen LogP contribution in [-0.4, -0.2) is 21.2 Å². The number of nitrogens with zero attached hydrogens (tertiary/aromatic N) is 1. The van der Waals surface area contributed by atoms with Gasteiger partial charge < -0.3 is 0 Å². The van der Waals surface area contributed by atoms with Gasteiger partial charge in [0.25, 0.3) is 0 Å². The molecule has 1 aliphatic heterocycles. The number of amides is 1. The Morgan fingerprint density at radius 1 is 1.89 bits per heavy atom. The lowest BCUT2D eigenvalue weighted by molar-refractivity contribution is -0.175. The van der Waals surface area contributed by atoms with E-state index >= 15 is 0 Å². The van der Waals surface area contributed by atoms with Gasteiger partial charge in [-0.2, -0.15) is 0 Å². The van der Waals surface area contributed by atoms with Gasteiger partial charge in [0, 0.05) is 6.42 Å². The Kier molecular flexibility index (Phi) is 2.05. The molecule has 1 saturated heterocycles. The summed E-state index contributed by atoms with van der Waals surface area (Å²) in [6.45, 7) is 0. The maximum absolute atomic E-state index is 10.5. The average molecular weight is 195 g/mol. The van der Waals surface area contributed by atoms with E-state index in [0.717, 1.165) is 5.17 Å². The standard InChI is InChI=1S/C4H7BrN2O2/c5-3-1-2-4(8)6-7(3)9/h3,9H,1-2H2,(H,6,8). The van der Waals surface area contributed by atoms with Crippen molar-refractivity contribution in [1.82, 2.24) is 10.6 Å². The molecule has 0 aliphatic carbocycles. The van der Waals surface area contributed by atoms with Crippen LogP contribution in [0.1, 0.15) is 12.8 Å². The van der Waals surface area contributed by atoms with E-state index in [1.54, 1.807) is 0 Å². The molecule has 0 aromatic rings. The number of alkyl halides is 1. The van der Waals surface area contributed by atoms with Gasteiger partial charge in [-0.25, -0.2) is 0 Å². The molecule has 0 bridgehead atoms. The third-order valence-corrected chi connectivity index (χ3v) is 1.96. The Labute approximate surface area is 60.9 Å². The molecular weight excluding hydrogens is 188 g/mol. The van der Waals surface area contributed by atoms with Gasteiger partial charge in [-0.15, -0.1) is 0 Å². The monoisotopic (exact) mass is 194 g/mol. The molecule has 1 unspecified atom stereocenters. The third-order valence-electron chi connectivity index (χ3n) is 1.11. The van der Waals surface area contributed by atoms with E-state index < -0.39 is 0 Å². The van der Waals surface area contributed by atoms with Crippen molar-refractivity contribution in [3.63, 3.8) is 0 Å². The Bertz CT molecular complexity index is 130. The molecule has 52 valence electrons. The van der Waals surface area contributed by atoms with Crippen LogP contribution in [0.15, 0.2) is 0 Å². The first-order valence-corrected chi connectivity index (χ1v) is 3.53. The van der Waals surface area contributed by atoms with Gasteiger partial charge in [-0.05, 0) is 6.42 Å². The van der Waals surface area contributed by atoms with E-state index in [1.165, 1.54) is 0 Å². The minimum atomic E-state index is -0.145. The third kappa shape index (κ3) is 1.64. The SMILES string of the molecule is O=C1CCC(Br)N(O)N1. The average Bonchev–Trinajstić information content (AvgIpc) is 1.80. The second-order valence-corrected chi connectivity index (χ2v) is 2.91. The van der Waals surface area contributed by atoms with Crippen LogP contribution in [0.5, 0.6) is 0 Å². The summed E-state index contributed by atoms with van der Waals surface area (Å²) in [7, 11) is 0. The number of hydrogen-bond donors (Lipinski definition) is 2. The summed E-state index contributed by atoms with van der Waals surface area (Å²) < 4.78 is 0. The number of nitrogens with one attached hydrogen (secondary N) is 1. The van der Waals surface area contributed by atoms with Gasteiger partial charge in [0.15, 0.2) is 0 Å². The Hall–Kier alpha value is -0.130. The van der Waals surface area contributed by atoms with Crippen molar-refractivity contribution >= 4 is 21.8 Å². The van der Waals surface area contributed by atoms with Crippen LogP contribution in [0.4, 0.5) is 0 Å². The molecule has 0 aromatic heterocycles. The highest BCUT2D eigenvalue weighted by Crippen LogP contribution is 2.13. The van der Waals surface area contributed by atoms with Gasteiger partial charge >= 0.3 is 0 Å². The molecule has 0 spiro atoms. The minimum Gasteiger partial charge on any atom is -0.294 e. The maximum atomic E-state index is 10.5. The summed E-state index contributed by atoms with van der Waals surface area (Å²) >= 11 is 3.14. The van der Waals surface area contributed by atoms with E-state index in [2.05, 4.69) is 21.4 Å². The molecule has 5 heteroatoms. The minimum absolute atomic E-state index is 0.143. The summed E-state index contributed by atoms with van der Waals surface area (Å²) in [6, 6.07) is 0. The van der Waals surface area contributed by atoms with Gasteiger partial charge in [0.1, 0.15) is 4.95 Å². The van der Waals surface area contributed by atoms with Gasteiger partial charge in [-0.1, -0.05) is 21.1 Å². The summed E-state index contributed by atoms with van der Waals surface area (Å²) in [5.41, 5.74) is 2.23. The summed E-state index contributed by atoms with van der Waals surface area (Å²) in [5.74, 6) is -0.145. The highest BCUT2D eigenvalue weighted by Gasteiger charge is 2.21. The van der Waals surface area contributed by atoms with Crippen molar-refractivity contribution < 1.29 is 10.0 Å². The first-order valence-electron chi connectivity index (χ1n) is 2.62. The number of hydroxylamine groups is 1. The highest BCUT2D eigenvalue weighted by atomic mass is 79.9. The topological polar surface area (TPSA) is 52.6 Å². The van der Waals surface area contributed by atoms with Crippen molar-refractivity contribution in [2.75, 3.05) is 0 Å². The lowest BCUT2D eigenvalue weighted by Crippen LogP contribution is -2.48. The number of hydrogen-bond acceptors (Lipinski definition) is 3. The Morgan fingerprint density at radius 2 is 2.56 bits per heavy atom. The summed E-state index contributed by atoms with van der Waals surface area (Å²) in [6.07, 6.45) is 1.11. The van der Waals surface area contributed by atoms with Crippen molar-refractivity contribution in [1.29, 1.82) is 0 Å². The molecule has 0 radical (unpaired) electrons. The fourth-order valence-electron chi connectivity index (χ4n) is 0.626. The van der Waals surface area contributed by atoms with E-state index in [1.807, 2.05) is 0 Å². The van der Waals surface area contributed by atoms with E-state index in [-0.39, 0.29) is 10.9 Å². The van der Waals surface area contributed by atoms with Crippen LogP contribution in [0.25, 0.3) is 0 Å². The molecule has 9 heavy (non-hydrogen) atoms. The zero-order chi connectivity index (χ0) is 6.85. The van der Waals surface area contributed by atoms with Crippen LogP contribution >= 0.6 is 15.9 Å². The van der Waals surface area contributed by atoms with Crippen LogP contribution < -0.4 is 5.43 Å². The number of rotatable bonds is 0. The molecule has 2 N–H and O–H groups in total. The zero-order valence-electron chi connectivity index (χ0n) is 4.67. The quantitative estimate of drug-likeness (QED) is 0.429. The predicted octanol–water partition coefficient (Wildman–Crippen LogP) is 0.224. The summed E-state index contributed by atoms with van der Waals surface area (Å²) in [5, 5.41) is 9.57. The maximum Gasteiger partial charge on any atom is 0.236 e. The zero-order valence-corrected chi connectivity index (χ0v) is 6.26. The van der Waals surface area contributed by atoms with E-state index in [4.69, 9.17) is 5.21 Å². The largest absolute Gasteiger partial charge is 0.294 e. The van der Waals surface area contributed by atoms with Crippen LogP contribution in [0.2, 0.25) is 0 Å². The van der Waals surface area contributed by atoms with Crippen molar-refractivity contribution in [3.8, 4) is 0 Å². The Balaban J connectivity index is 2.44. The van der Waals surface area contributed by atoms with Crippen LogP contribution in [0.3, 0.4) is 0 Å². The first kappa shape index (κ1) is 6.98. The van der Waals surface area contributed by atoms with E-state index in [0.29, 0.717) is 12.8 Å². The number of carbonyl (C=O) groups is 1. The van der Waals surface area contributed by atoms with Gasteiger partial charge in [0.05, 0.1) is 0 Å². The van der Waals surface area contributed by atoms with Crippen molar-refractivity contribution in [2.24, 2.45) is 0 Å². The normalized spacial score (nSPS) is 30.0. The molecule has 1 aliphatic rings.